The Balaban J connectivity index is 1.59. The highest BCUT2D eigenvalue weighted by molar-refractivity contribution is 5.99. The summed E-state index contributed by atoms with van der Waals surface area (Å²) in [6, 6.07) is 13.7. The molecule has 1 saturated heterocycles. The van der Waals surface area contributed by atoms with E-state index >= 15 is 0 Å². The first kappa shape index (κ1) is 16.8. The van der Waals surface area contributed by atoms with Crippen molar-refractivity contribution < 1.29 is 19.1 Å². The molecule has 3 amide bonds. The molecule has 1 unspecified atom stereocenters. The molecule has 0 saturated carbocycles. The zero-order chi connectivity index (χ0) is 18.8. The van der Waals surface area contributed by atoms with Crippen LogP contribution in [0.1, 0.15) is 22.0 Å². The van der Waals surface area contributed by atoms with Crippen LogP contribution in [0.5, 0.6) is 0 Å². The van der Waals surface area contributed by atoms with E-state index < -0.39 is 18.0 Å². The number of carbonyl (C=O) groups excluding carboxylic acids is 3. The summed E-state index contributed by atoms with van der Waals surface area (Å²) in [5, 5.41) is 2.90. The van der Waals surface area contributed by atoms with Gasteiger partial charge in [-0.25, -0.2) is 14.7 Å². The van der Waals surface area contributed by atoms with Crippen molar-refractivity contribution in [3.05, 3.63) is 66.0 Å². The number of imide groups is 1. The van der Waals surface area contributed by atoms with Gasteiger partial charge in [0, 0.05) is 5.56 Å². The minimum absolute atomic E-state index is 0.000276. The molecule has 1 aliphatic rings. The van der Waals surface area contributed by atoms with Crippen LogP contribution in [0.4, 0.5) is 4.79 Å². The molecule has 1 aromatic heterocycles. The average molecular weight is 364 g/mol. The summed E-state index contributed by atoms with van der Waals surface area (Å²) in [6.07, 6.45) is 0.859. The van der Waals surface area contributed by atoms with Gasteiger partial charge in [0.15, 0.2) is 6.61 Å². The van der Waals surface area contributed by atoms with Crippen molar-refractivity contribution in [3.8, 4) is 0 Å². The fourth-order valence-electron chi connectivity index (χ4n) is 2.98. The molecular weight excluding hydrogens is 348 g/mol. The number of aromatic amines is 1. The molecule has 1 fully saturated rings. The molecule has 4 rings (SSSR count). The summed E-state index contributed by atoms with van der Waals surface area (Å²) >= 11 is 0. The van der Waals surface area contributed by atoms with Gasteiger partial charge in [-0.3, -0.25) is 9.59 Å². The van der Waals surface area contributed by atoms with E-state index in [-0.39, 0.29) is 19.1 Å². The number of rotatable bonds is 5. The predicted molar refractivity (Wildman–Crippen MR) is 95.8 cm³/mol. The lowest BCUT2D eigenvalue weighted by Gasteiger charge is -2.23. The van der Waals surface area contributed by atoms with Crippen molar-refractivity contribution in [2.45, 2.75) is 6.04 Å². The Morgan fingerprint density at radius 3 is 2.78 bits per heavy atom. The van der Waals surface area contributed by atoms with Crippen molar-refractivity contribution in [1.82, 2.24) is 20.2 Å². The molecule has 2 N–H and O–H groups in total. The number of amides is 3. The first-order chi connectivity index (χ1) is 13.1. The molecule has 1 atom stereocenters. The molecule has 0 bridgehead atoms. The first-order valence-corrected chi connectivity index (χ1v) is 8.38. The van der Waals surface area contributed by atoms with Crippen molar-refractivity contribution in [2.24, 2.45) is 0 Å². The van der Waals surface area contributed by atoms with Gasteiger partial charge in [-0.2, -0.15) is 0 Å². The summed E-state index contributed by atoms with van der Waals surface area (Å²) < 4.78 is 4.76. The minimum atomic E-state index is -0.700. The lowest BCUT2D eigenvalue weighted by Crippen LogP contribution is -2.40. The minimum Gasteiger partial charge on any atom is -0.439 e. The van der Waals surface area contributed by atoms with Gasteiger partial charge < -0.3 is 15.0 Å². The van der Waals surface area contributed by atoms with E-state index in [2.05, 4.69) is 15.3 Å². The van der Waals surface area contributed by atoms with Gasteiger partial charge in [0.05, 0.1) is 29.9 Å². The van der Waals surface area contributed by atoms with Gasteiger partial charge >= 0.3 is 6.09 Å². The zero-order valence-electron chi connectivity index (χ0n) is 14.2. The molecule has 3 aromatic rings. The van der Waals surface area contributed by atoms with E-state index in [1.807, 2.05) is 30.3 Å². The molecule has 8 nitrogen and oxygen atoms in total. The molecule has 8 heteroatoms. The molecule has 0 radical (unpaired) electrons. The van der Waals surface area contributed by atoms with E-state index in [9.17, 15) is 14.4 Å². The fourth-order valence-corrected chi connectivity index (χ4v) is 2.98. The van der Waals surface area contributed by atoms with Crippen LogP contribution in [-0.2, 0) is 9.53 Å². The molecule has 136 valence electrons. The first-order valence-electron chi connectivity index (χ1n) is 8.38. The standard InChI is InChI=1S/C19H16N4O4/c24-17-10-27-19(26)23(17)9-16(12-4-2-1-3-5-12)22-18(25)13-6-7-14-15(8-13)21-11-20-14/h1-8,11,16H,9-10H2,(H,20,21)(H,22,25). The van der Waals surface area contributed by atoms with Crippen LogP contribution in [0.2, 0.25) is 0 Å². The van der Waals surface area contributed by atoms with Crippen molar-refractivity contribution in [3.63, 3.8) is 0 Å². The Labute approximate surface area is 154 Å². The van der Waals surface area contributed by atoms with Gasteiger partial charge in [0.25, 0.3) is 11.8 Å². The number of aromatic nitrogens is 2. The van der Waals surface area contributed by atoms with Crippen LogP contribution in [0.3, 0.4) is 0 Å². The average Bonchev–Trinajstić information content (AvgIpc) is 3.28. The molecule has 2 heterocycles. The fraction of sp³-hybridized carbons (Fsp3) is 0.158. The third-order valence-electron chi connectivity index (χ3n) is 4.40. The summed E-state index contributed by atoms with van der Waals surface area (Å²) in [7, 11) is 0. The van der Waals surface area contributed by atoms with Crippen molar-refractivity contribution >= 4 is 28.9 Å². The quantitative estimate of drug-likeness (QED) is 0.721. The number of nitrogens with zero attached hydrogens (tertiary/aromatic N) is 2. The lowest BCUT2D eigenvalue weighted by atomic mass is 10.1. The Morgan fingerprint density at radius 2 is 2.04 bits per heavy atom. The van der Waals surface area contributed by atoms with Crippen LogP contribution in [0.25, 0.3) is 11.0 Å². The van der Waals surface area contributed by atoms with E-state index in [1.165, 1.54) is 0 Å². The second-order valence-corrected chi connectivity index (χ2v) is 6.13. The summed E-state index contributed by atoms with van der Waals surface area (Å²) in [5.41, 5.74) is 2.73. The maximum Gasteiger partial charge on any atom is 0.417 e. The van der Waals surface area contributed by atoms with E-state index in [1.54, 1.807) is 24.5 Å². The van der Waals surface area contributed by atoms with Crippen LogP contribution in [-0.4, -0.2) is 45.9 Å². The van der Waals surface area contributed by atoms with Crippen LogP contribution >= 0.6 is 0 Å². The number of ether oxygens (including phenoxy) is 1. The highest BCUT2D eigenvalue weighted by Crippen LogP contribution is 2.19. The number of hydrogen-bond donors (Lipinski definition) is 2. The van der Waals surface area contributed by atoms with Crippen LogP contribution in [0.15, 0.2) is 54.9 Å². The SMILES string of the molecule is O=C(NC(CN1C(=O)COC1=O)c1ccccc1)c1ccc2nc[nH]c2c1. The van der Waals surface area contributed by atoms with Crippen LogP contribution < -0.4 is 5.32 Å². The third kappa shape index (κ3) is 3.37. The van der Waals surface area contributed by atoms with Gasteiger partial charge in [0.2, 0.25) is 0 Å². The number of H-pyrrole nitrogens is 1. The molecule has 27 heavy (non-hydrogen) atoms. The summed E-state index contributed by atoms with van der Waals surface area (Å²) in [5.74, 6) is -0.741. The number of nitrogens with one attached hydrogen (secondary N) is 2. The highest BCUT2D eigenvalue weighted by atomic mass is 16.6. The smallest absolute Gasteiger partial charge is 0.417 e. The van der Waals surface area contributed by atoms with Gasteiger partial charge in [-0.05, 0) is 23.8 Å². The Morgan fingerprint density at radius 1 is 1.22 bits per heavy atom. The number of imidazole rings is 1. The predicted octanol–water partition coefficient (Wildman–Crippen LogP) is 2.01. The molecule has 0 aliphatic carbocycles. The number of cyclic esters (lactones) is 1. The van der Waals surface area contributed by atoms with Gasteiger partial charge in [0.1, 0.15) is 0 Å². The van der Waals surface area contributed by atoms with Crippen molar-refractivity contribution in [1.29, 1.82) is 0 Å². The monoisotopic (exact) mass is 364 g/mol. The third-order valence-corrected chi connectivity index (χ3v) is 4.40. The number of benzene rings is 2. The lowest BCUT2D eigenvalue weighted by molar-refractivity contribution is -0.126. The molecule has 0 spiro atoms. The number of hydrogen-bond acceptors (Lipinski definition) is 5. The van der Waals surface area contributed by atoms with E-state index in [4.69, 9.17) is 4.74 Å². The number of fused-ring (bicyclic) bond motifs is 1. The van der Waals surface area contributed by atoms with E-state index in [0.29, 0.717) is 5.56 Å². The zero-order valence-corrected chi connectivity index (χ0v) is 14.2. The summed E-state index contributed by atoms with van der Waals surface area (Å²) in [6.45, 7) is -0.273. The van der Waals surface area contributed by atoms with Crippen molar-refractivity contribution in [2.75, 3.05) is 13.2 Å². The Hall–Kier alpha value is -3.68. The molecular formula is C19H16N4O4. The van der Waals surface area contributed by atoms with Crippen LogP contribution in [0, 0.1) is 0 Å². The second kappa shape index (κ2) is 6.91. The Kier molecular flexibility index (Phi) is 4.29. The topological polar surface area (TPSA) is 104 Å². The maximum absolute atomic E-state index is 12.8. The van der Waals surface area contributed by atoms with Gasteiger partial charge in [-0.15, -0.1) is 0 Å². The Bertz CT molecular complexity index is 999. The van der Waals surface area contributed by atoms with E-state index in [0.717, 1.165) is 21.5 Å². The maximum atomic E-state index is 12.8. The summed E-state index contributed by atoms with van der Waals surface area (Å²) in [4.78, 5) is 44.5. The normalized spacial score (nSPS) is 15.0. The highest BCUT2D eigenvalue weighted by Gasteiger charge is 2.33. The molecule has 1 aliphatic heterocycles. The largest absolute Gasteiger partial charge is 0.439 e. The van der Waals surface area contributed by atoms with Gasteiger partial charge in [-0.1, -0.05) is 30.3 Å². The molecule has 2 aromatic carbocycles. The second-order valence-electron chi connectivity index (χ2n) is 6.13. The number of carbonyl (C=O) groups is 3.